The van der Waals surface area contributed by atoms with Gasteiger partial charge in [-0.3, -0.25) is 0 Å². The van der Waals surface area contributed by atoms with E-state index in [-0.39, 0.29) is 0 Å². The molecule has 3 N–H and O–H groups in total. The molecule has 0 spiro atoms. The van der Waals surface area contributed by atoms with E-state index < -0.39 is 0 Å². The number of nitrogens with one attached hydrogen (secondary N) is 1. The first-order chi connectivity index (χ1) is 9.31. The van der Waals surface area contributed by atoms with E-state index in [9.17, 15) is 0 Å². The summed E-state index contributed by atoms with van der Waals surface area (Å²) in [4.78, 5) is 4.57. The normalized spacial score (nSPS) is 11.1. The lowest BCUT2D eigenvalue weighted by atomic mass is 10.2. The van der Waals surface area contributed by atoms with Crippen molar-refractivity contribution in [2.24, 2.45) is 5.84 Å². The van der Waals surface area contributed by atoms with Gasteiger partial charge in [-0.05, 0) is 18.6 Å². The first kappa shape index (κ1) is 11.7. The number of hydrogen-bond acceptors (Lipinski definition) is 5. The molecule has 0 atom stereocenters. The summed E-state index contributed by atoms with van der Waals surface area (Å²) in [5.74, 6) is 6.97. The maximum absolute atomic E-state index is 5.55. The van der Waals surface area contributed by atoms with Gasteiger partial charge in [0.1, 0.15) is 11.5 Å². The van der Waals surface area contributed by atoms with E-state index >= 15 is 0 Å². The molecule has 6 nitrogen and oxygen atoms in total. The molecule has 0 aliphatic rings. The molecule has 0 saturated heterocycles. The van der Waals surface area contributed by atoms with Crippen LogP contribution in [0.5, 0.6) is 0 Å². The van der Waals surface area contributed by atoms with Crippen molar-refractivity contribution in [2.45, 2.75) is 19.8 Å². The second kappa shape index (κ2) is 4.74. The van der Waals surface area contributed by atoms with E-state index in [1.807, 2.05) is 24.3 Å². The molecule has 98 valence electrons. The van der Waals surface area contributed by atoms with Crippen LogP contribution in [0, 0.1) is 0 Å². The Bertz CT molecular complexity index is 686. The Balaban J connectivity index is 2.15. The average molecular weight is 257 g/mol. The van der Waals surface area contributed by atoms with Gasteiger partial charge < -0.3 is 9.84 Å². The molecule has 3 heterocycles. The van der Waals surface area contributed by atoms with Gasteiger partial charge in [0, 0.05) is 17.8 Å². The third kappa shape index (κ3) is 2.06. The summed E-state index contributed by atoms with van der Waals surface area (Å²) in [6.07, 6.45) is 3.57. The summed E-state index contributed by atoms with van der Waals surface area (Å²) in [5, 5.41) is 4.45. The summed E-state index contributed by atoms with van der Waals surface area (Å²) in [5.41, 5.74) is 5.15. The zero-order chi connectivity index (χ0) is 13.2. The lowest BCUT2D eigenvalue weighted by molar-refractivity contribution is 0.579. The number of anilines is 1. The molecule has 6 heteroatoms. The van der Waals surface area contributed by atoms with Crippen molar-refractivity contribution in [1.82, 2.24) is 14.6 Å². The Morgan fingerprint density at radius 2 is 2.32 bits per heavy atom. The smallest absolute Gasteiger partial charge is 0.158 e. The number of nitrogens with zero attached hydrogens (tertiary/aromatic N) is 3. The first-order valence-electron chi connectivity index (χ1n) is 6.22. The summed E-state index contributed by atoms with van der Waals surface area (Å²) in [6.45, 7) is 2.12. The predicted molar refractivity (Wildman–Crippen MR) is 72.5 cm³/mol. The van der Waals surface area contributed by atoms with Gasteiger partial charge in [0.15, 0.2) is 11.4 Å². The average Bonchev–Trinajstić information content (AvgIpc) is 3.06. The molecule has 0 amide bonds. The number of nitrogens with two attached hydrogens (primary N) is 1. The summed E-state index contributed by atoms with van der Waals surface area (Å²) >= 11 is 0. The van der Waals surface area contributed by atoms with Crippen LogP contribution in [0.25, 0.3) is 17.1 Å². The standard InChI is InChI=1S/C13H15N5O/c1-2-4-9-7-13(16-14)18-12(15-9)8-10(17-18)11-5-3-6-19-11/h3,5-8,16H,2,4,14H2,1H3. The number of nitrogen functional groups attached to an aromatic ring is 1. The SMILES string of the molecule is CCCc1cc(NN)n2nc(-c3ccco3)cc2n1. The van der Waals surface area contributed by atoms with Crippen molar-refractivity contribution >= 4 is 11.5 Å². The van der Waals surface area contributed by atoms with E-state index in [1.165, 1.54) is 0 Å². The van der Waals surface area contributed by atoms with E-state index in [0.29, 0.717) is 11.6 Å². The fraction of sp³-hybridized carbons (Fsp3) is 0.231. The highest BCUT2D eigenvalue weighted by Gasteiger charge is 2.11. The van der Waals surface area contributed by atoms with Gasteiger partial charge in [0.25, 0.3) is 0 Å². The third-order valence-electron chi connectivity index (χ3n) is 2.91. The zero-order valence-electron chi connectivity index (χ0n) is 10.6. The minimum Gasteiger partial charge on any atom is -0.463 e. The highest BCUT2D eigenvalue weighted by atomic mass is 16.3. The highest BCUT2D eigenvalue weighted by Crippen LogP contribution is 2.22. The monoisotopic (exact) mass is 257 g/mol. The molecule has 0 saturated carbocycles. The topological polar surface area (TPSA) is 81.4 Å². The van der Waals surface area contributed by atoms with Crippen LogP contribution in [0.3, 0.4) is 0 Å². The van der Waals surface area contributed by atoms with Crippen molar-refractivity contribution in [2.75, 3.05) is 5.43 Å². The van der Waals surface area contributed by atoms with E-state index in [2.05, 4.69) is 22.4 Å². The van der Waals surface area contributed by atoms with Crippen molar-refractivity contribution < 1.29 is 4.42 Å². The van der Waals surface area contributed by atoms with Gasteiger partial charge in [0.05, 0.1) is 6.26 Å². The van der Waals surface area contributed by atoms with Crippen LogP contribution in [-0.2, 0) is 6.42 Å². The minimum absolute atomic E-state index is 0.713. The fourth-order valence-corrected chi connectivity index (χ4v) is 2.06. The minimum atomic E-state index is 0.713. The Hall–Kier alpha value is -2.34. The molecule has 19 heavy (non-hydrogen) atoms. The van der Waals surface area contributed by atoms with E-state index in [4.69, 9.17) is 10.3 Å². The summed E-state index contributed by atoms with van der Waals surface area (Å²) in [6, 6.07) is 7.50. The second-order valence-corrected chi connectivity index (χ2v) is 4.30. The van der Waals surface area contributed by atoms with Crippen LogP contribution in [0.15, 0.2) is 34.9 Å². The number of furan rings is 1. The second-order valence-electron chi connectivity index (χ2n) is 4.30. The van der Waals surface area contributed by atoms with Crippen LogP contribution < -0.4 is 11.3 Å². The highest BCUT2D eigenvalue weighted by molar-refractivity contribution is 5.61. The molecule has 0 aromatic carbocycles. The van der Waals surface area contributed by atoms with Crippen LogP contribution in [0.2, 0.25) is 0 Å². The van der Waals surface area contributed by atoms with E-state index in [1.54, 1.807) is 10.8 Å². The molecule has 3 rings (SSSR count). The predicted octanol–water partition coefficient (Wildman–Crippen LogP) is 2.23. The van der Waals surface area contributed by atoms with Crippen molar-refractivity contribution in [3.8, 4) is 11.5 Å². The molecule has 0 aliphatic heterocycles. The Morgan fingerprint density at radius 3 is 3.00 bits per heavy atom. The molecule has 0 fully saturated rings. The fourth-order valence-electron chi connectivity index (χ4n) is 2.06. The maximum Gasteiger partial charge on any atom is 0.158 e. The molecule has 3 aromatic rings. The Labute approximate surface area is 110 Å². The quantitative estimate of drug-likeness (QED) is 0.553. The largest absolute Gasteiger partial charge is 0.463 e. The Morgan fingerprint density at radius 1 is 1.42 bits per heavy atom. The van der Waals surface area contributed by atoms with Gasteiger partial charge in [-0.1, -0.05) is 13.3 Å². The van der Waals surface area contributed by atoms with Gasteiger partial charge in [-0.15, -0.1) is 0 Å². The number of hydrogen-bond donors (Lipinski definition) is 2. The molecule has 0 radical (unpaired) electrons. The maximum atomic E-state index is 5.55. The number of rotatable bonds is 4. The van der Waals surface area contributed by atoms with Crippen LogP contribution in [0.4, 0.5) is 5.82 Å². The number of aryl methyl sites for hydroxylation is 1. The molecular weight excluding hydrogens is 242 g/mol. The van der Waals surface area contributed by atoms with Gasteiger partial charge in [-0.25, -0.2) is 10.8 Å². The summed E-state index contributed by atoms with van der Waals surface area (Å²) < 4.78 is 7.02. The third-order valence-corrected chi connectivity index (χ3v) is 2.91. The van der Waals surface area contributed by atoms with Crippen molar-refractivity contribution in [3.05, 3.63) is 36.2 Å². The molecular formula is C13H15N5O. The van der Waals surface area contributed by atoms with Crippen LogP contribution in [-0.4, -0.2) is 14.6 Å². The van der Waals surface area contributed by atoms with Crippen molar-refractivity contribution in [3.63, 3.8) is 0 Å². The zero-order valence-corrected chi connectivity index (χ0v) is 10.6. The number of fused-ring (bicyclic) bond motifs is 1. The molecule has 0 unspecified atom stereocenters. The van der Waals surface area contributed by atoms with Crippen LogP contribution >= 0.6 is 0 Å². The number of hydrazine groups is 1. The van der Waals surface area contributed by atoms with Crippen LogP contribution in [0.1, 0.15) is 19.0 Å². The van der Waals surface area contributed by atoms with Gasteiger partial charge in [0.2, 0.25) is 0 Å². The molecule has 3 aromatic heterocycles. The summed E-state index contributed by atoms with van der Waals surface area (Å²) in [7, 11) is 0. The van der Waals surface area contributed by atoms with Gasteiger partial charge >= 0.3 is 0 Å². The molecule has 0 aliphatic carbocycles. The van der Waals surface area contributed by atoms with Crippen molar-refractivity contribution in [1.29, 1.82) is 0 Å². The van der Waals surface area contributed by atoms with Gasteiger partial charge in [-0.2, -0.15) is 9.61 Å². The number of aromatic nitrogens is 3. The Kier molecular flexibility index (Phi) is 2.92. The van der Waals surface area contributed by atoms with E-state index in [0.717, 1.165) is 29.9 Å². The lowest BCUT2D eigenvalue weighted by Crippen LogP contribution is -2.13. The lowest BCUT2D eigenvalue weighted by Gasteiger charge is -2.05. The molecule has 0 bridgehead atoms. The first-order valence-corrected chi connectivity index (χ1v) is 6.22.